The van der Waals surface area contributed by atoms with Gasteiger partial charge in [0.15, 0.2) is 10.9 Å². The molecule has 0 aliphatic heterocycles. The number of aryl methyl sites for hydroxylation is 1. The van der Waals surface area contributed by atoms with E-state index in [2.05, 4.69) is 27.8 Å². The van der Waals surface area contributed by atoms with Crippen molar-refractivity contribution in [2.75, 3.05) is 10.6 Å². The van der Waals surface area contributed by atoms with E-state index < -0.39 is 0 Å². The number of hydrogen-bond acceptors (Lipinski definition) is 5. The second kappa shape index (κ2) is 8.75. The first-order chi connectivity index (χ1) is 14.6. The summed E-state index contributed by atoms with van der Waals surface area (Å²) in [6, 6.07) is 18.5. The first kappa shape index (κ1) is 19.6. The Hall–Kier alpha value is -3.71. The minimum Gasteiger partial charge on any atom is -0.459 e. The third kappa shape index (κ3) is 4.64. The van der Waals surface area contributed by atoms with Crippen LogP contribution >= 0.6 is 11.3 Å². The van der Waals surface area contributed by atoms with Gasteiger partial charge in [0.1, 0.15) is 0 Å². The Bertz CT molecular complexity index is 1170. The molecular weight excluding hydrogens is 398 g/mol. The van der Waals surface area contributed by atoms with Gasteiger partial charge in [-0.2, -0.15) is 0 Å². The van der Waals surface area contributed by atoms with Crippen molar-refractivity contribution in [1.29, 1.82) is 0 Å². The van der Waals surface area contributed by atoms with Gasteiger partial charge in [0.05, 0.1) is 6.26 Å². The van der Waals surface area contributed by atoms with E-state index in [1.807, 2.05) is 25.1 Å². The molecule has 0 saturated heterocycles. The summed E-state index contributed by atoms with van der Waals surface area (Å²) in [5.41, 5.74) is 3.00. The van der Waals surface area contributed by atoms with Crippen LogP contribution in [0.2, 0.25) is 0 Å². The van der Waals surface area contributed by atoms with E-state index in [1.54, 1.807) is 36.5 Å². The van der Waals surface area contributed by atoms with Crippen molar-refractivity contribution >= 4 is 34.0 Å². The lowest BCUT2D eigenvalue weighted by Gasteiger charge is -2.09. The summed E-state index contributed by atoms with van der Waals surface area (Å²) in [5.74, 6) is -0.451. The first-order valence-corrected chi connectivity index (χ1v) is 10.2. The molecule has 0 aliphatic carbocycles. The lowest BCUT2D eigenvalue weighted by atomic mass is 10.1. The second-order valence-corrected chi connectivity index (χ2v) is 7.82. The second-order valence-electron chi connectivity index (χ2n) is 6.71. The van der Waals surface area contributed by atoms with Crippen molar-refractivity contribution in [3.63, 3.8) is 0 Å². The van der Waals surface area contributed by atoms with Crippen molar-refractivity contribution in [1.82, 2.24) is 4.98 Å². The molecule has 0 unspecified atom stereocenters. The third-order valence-corrected chi connectivity index (χ3v) is 5.40. The molecule has 4 rings (SSSR count). The van der Waals surface area contributed by atoms with Gasteiger partial charge in [0.25, 0.3) is 11.8 Å². The number of amides is 2. The highest BCUT2D eigenvalue weighted by Gasteiger charge is 2.14. The number of carbonyl (C=O) groups excluding carboxylic acids is 2. The molecule has 2 N–H and O–H groups in total. The molecule has 0 bridgehead atoms. The van der Waals surface area contributed by atoms with Gasteiger partial charge in [0.2, 0.25) is 0 Å². The fourth-order valence-corrected chi connectivity index (χ4v) is 3.74. The zero-order chi connectivity index (χ0) is 20.9. The minimum absolute atomic E-state index is 0.206. The number of benzene rings is 2. The summed E-state index contributed by atoms with van der Waals surface area (Å²) in [6.07, 6.45) is 3.98. The topological polar surface area (TPSA) is 84.2 Å². The van der Waals surface area contributed by atoms with E-state index in [0.717, 1.165) is 16.9 Å². The monoisotopic (exact) mass is 417 g/mol. The molecule has 6 nitrogen and oxygen atoms in total. The van der Waals surface area contributed by atoms with Gasteiger partial charge < -0.3 is 9.73 Å². The van der Waals surface area contributed by atoms with Gasteiger partial charge >= 0.3 is 0 Å². The van der Waals surface area contributed by atoms with Crippen LogP contribution in [0.5, 0.6) is 0 Å². The van der Waals surface area contributed by atoms with E-state index in [4.69, 9.17) is 4.42 Å². The largest absolute Gasteiger partial charge is 0.459 e. The van der Waals surface area contributed by atoms with Crippen molar-refractivity contribution in [2.45, 2.75) is 13.3 Å². The molecule has 0 atom stereocenters. The molecular formula is C23H19N3O3S. The molecule has 0 fully saturated rings. The van der Waals surface area contributed by atoms with E-state index in [-0.39, 0.29) is 17.6 Å². The molecule has 0 aliphatic rings. The third-order valence-electron chi connectivity index (χ3n) is 4.49. The predicted octanol–water partition coefficient (Wildman–Crippen LogP) is 5.14. The molecule has 0 radical (unpaired) electrons. The van der Waals surface area contributed by atoms with Gasteiger partial charge in [0, 0.05) is 28.7 Å². The van der Waals surface area contributed by atoms with E-state index in [1.165, 1.54) is 23.2 Å². The molecule has 4 aromatic rings. The molecule has 7 heteroatoms. The quantitative estimate of drug-likeness (QED) is 0.455. The number of carbonyl (C=O) groups is 2. The number of rotatable bonds is 6. The van der Waals surface area contributed by atoms with Gasteiger partial charge in [-0.05, 0) is 42.3 Å². The zero-order valence-corrected chi connectivity index (χ0v) is 17.0. The van der Waals surface area contributed by atoms with Crippen molar-refractivity contribution in [3.8, 4) is 0 Å². The number of nitrogens with one attached hydrogen (secondary N) is 2. The SMILES string of the molecule is Cc1ccc(C(=O)Nc2ncc(Cc3ccccc3)s2)cc1NC(=O)c1ccco1. The van der Waals surface area contributed by atoms with Crippen LogP contribution < -0.4 is 10.6 Å². The van der Waals surface area contributed by atoms with Crippen LogP contribution in [0.4, 0.5) is 10.8 Å². The molecule has 2 aromatic carbocycles. The summed E-state index contributed by atoms with van der Waals surface area (Å²) in [7, 11) is 0. The molecule has 0 spiro atoms. The molecule has 2 amide bonds. The Labute approximate surface area is 177 Å². The lowest BCUT2D eigenvalue weighted by Crippen LogP contribution is -2.15. The molecule has 0 saturated carbocycles. The highest BCUT2D eigenvalue weighted by atomic mass is 32.1. The Morgan fingerprint density at radius 2 is 1.83 bits per heavy atom. The van der Waals surface area contributed by atoms with Gasteiger partial charge in [-0.25, -0.2) is 4.98 Å². The number of anilines is 2. The molecule has 30 heavy (non-hydrogen) atoms. The molecule has 2 aromatic heterocycles. The number of aromatic nitrogens is 1. The summed E-state index contributed by atoms with van der Waals surface area (Å²) in [6.45, 7) is 1.86. The highest BCUT2D eigenvalue weighted by Crippen LogP contribution is 2.23. The summed E-state index contributed by atoms with van der Waals surface area (Å²) in [4.78, 5) is 30.3. The van der Waals surface area contributed by atoms with Crippen LogP contribution in [0, 0.1) is 6.92 Å². The Balaban J connectivity index is 1.44. The average Bonchev–Trinajstić information content (AvgIpc) is 3.43. The van der Waals surface area contributed by atoms with Crippen LogP contribution in [0.25, 0.3) is 0 Å². The van der Waals surface area contributed by atoms with Crippen LogP contribution in [0.1, 0.15) is 36.9 Å². The number of thiazole rings is 1. The van der Waals surface area contributed by atoms with Crippen LogP contribution in [0.3, 0.4) is 0 Å². The Morgan fingerprint density at radius 3 is 2.60 bits per heavy atom. The van der Waals surface area contributed by atoms with Crippen LogP contribution in [-0.4, -0.2) is 16.8 Å². The van der Waals surface area contributed by atoms with Gasteiger partial charge in [-0.3, -0.25) is 14.9 Å². The maximum Gasteiger partial charge on any atom is 0.291 e. The van der Waals surface area contributed by atoms with Crippen molar-refractivity contribution < 1.29 is 14.0 Å². The van der Waals surface area contributed by atoms with E-state index in [0.29, 0.717) is 16.4 Å². The lowest BCUT2D eigenvalue weighted by molar-refractivity contribution is 0.0993. The maximum atomic E-state index is 12.7. The van der Waals surface area contributed by atoms with Crippen LogP contribution in [-0.2, 0) is 6.42 Å². The molecule has 150 valence electrons. The maximum absolute atomic E-state index is 12.7. The fraction of sp³-hybridized carbons (Fsp3) is 0.0870. The predicted molar refractivity (Wildman–Crippen MR) is 117 cm³/mol. The fourth-order valence-electron chi connectivity index (χ4n) is 2.90. The normalized spacial score (nSPS) is 10.6. The van der Waals surface area contributed by atoms with Crippen LogP contribution in [0.15, 0.2) is 77.5 Å². The van der Waals surface area contributed by atoms with Gasteiger partial charge in [-0.15, -0.1) is 11.3 Å². The van der Waals surface area contributed by atoms with E-state index in [9.17, 15) is 9.59 Å². The van der Waals surface area contributed by atoms with Gasteiger partial charge in [-0.1, -0.05) is 36.4 Å². The highest BCUT2D eigenvalue weighted by molar-refractivity contribution is 7.15. The zero-order valence-electron chi connectivity index (χ0n) is 16.2. The van der Waals surface area contributed by atoms with Crippen molar-refractivity contribution in [2.24, 2.45) is 0 Å². The first-order valence-electron chi connectivity index (χ1n) is 9.34. The average molecular weight is 417 g/mol. The standard InChI is InChI=1S/C23H19N3O3S/c1-15-9-10-17(13-19(15)25-22(28)20-8-5-11-29-20)21(27)26-23-24-14-18(30-23)12-16-6-3-2-4-7-16/h2-11,13-14H,12H2,1H3,(H,25,28)(H,24,26,27). The Morgan fingerprint density at radius 1 is 1.00 bits per heavy atom. The minimum atomic E-state index is -0.369. The Kier molecular flexibility index (Phi) is 5.72. The summed E-state index contributed by atoms with van der Waals surface area (Å²) in [5, 5.41) is 6.14. The molecule has 2 heterocycles. The number of nitrogens with zero attached hydrogens (tertiary/aromatic N) is 1. The number of hydrogen-bond donors (Lipinski definition) is 2. The van der Waals surface area contributed by atoms with Crippen molar-refractivity contribution in [3.05, 3.63) is 100 Å². The smallest absolute Gasteiger partial charge is 0.291 e. The van der Waals surface area contributed by atoms with E-state index >= 15 is 0 Å². The number of furan rings is 1. The summed E-state index contributed by atoms with van der Waals surface area (Å²) < 4.78 is 5.11. The summed E-state index contributed by atoms with van der Waals surface area (Å²) >= 11 is 1.44.